The lowest BCUT2D eigenvalue weighted by atomic mass is 9.86. The first-order valence-electron chi connectivity index (χ1n) is 7.67. The molecule has 21 heavy (non-hydrogen) atoms. The Balaban J connectivity index is 3.24. The van der Waals surface area contributed by atoms with Crippen LogP contribution in [0.25, 0.3) is 0 Å². The highest BCUT2D eigenvalue weighted by molar-refractivity contribution is 6.30. The summed E-state index contributed by atoms with van der Waals surface area (Å²) in [6, 6.07) is 7.93. The molecule has 1 unspecified atom stereocenters. The fraction of sp³-hybridized carbons (Fsp3) is 0.500. The normalized spacial score (nSPS) is 13.9. The van der Waals surface area contributed by atoms with Crippen molar-refractivity contribution in [3.8, 4) is 0 Å². The second-order valence-electron chi connectivity index (χ2n) is 5.81. The Bertz CT molecular complexity index is 500. The Morgan fingerprint density at radius 3 is 2.19 bits per heavy atom. The zero-order valence-electron chi connectivity index (χ0n) is 13.8. The van der Waals surface area contributed by atoms with E-state index in [0.29, 0.717) is 11.6 Å². The molecule has 0 saturated heterocycles. The molecule has 116 valence electrons. The van der Waals surface area contributed by atoms with Crippen LogP contribution in [0.2, 0.25) is 5.02 Å². The largest absolute Gasteiger partial charge is 0.388 e. The maximum absolute atomic E-state index is 8.21. The van der Waals surface area contributed by atoms with Crippen LogP contribution in [-0.2, 0) is 0 Å². The predicted octanol–water partition coefficient (Wildman–Crippen LogP) is 5.39. The van der Waals surface area contributed by atoms with Crippen molar-refractivity contribution in [3.05, 3.63) is 46.1 Å². The number of halogens is 1. The molecule has 0 amide bonds. The van der Waals surface area contributed by atoms with Crippen molar-refractivity contribution in [3.63, 3.8) is 0 Å². The summed E-state index contributed by atoms with van der Waals surface area (Å²) in [7, 11) is 0. The molecule has 1 atom stereocenters. The van der Waals surface area contributed by atoms with Gasteiger partial charge in [0.1, 0.15) is 0 Å². The minimum absolute atomic E-state index is 0.182. The molecule has 2 nitrogen and oxygen atoms in total. The van der Waals surface area contributed by atoms with E-state index in [2.05, 4.69) is 33.0 Å². The molecule has 1 aromatic carbocycles. The SMILES string of the molecule is CCCN/C(=C(\C(C)=N)C(C)c1ccc(Cl)cc1)C(C)C. The molecule has 0 spiro atoms. The van der Waals surface area contributed by atoms with Crippen LogP contribution in [0.4, 0.5) is 0 Å². The van der Waals surface area contributed by atoms with Crippen molar-refractivity contribution >= 4 is 17.3 Å². The van der Waals surface area contributed by atoms with Crippen molar-refractivity contribution in [1.82, 2.24) is 5.32 Å². The first-order chi connectivity index (χ1) is 9.88. The van der Waals surface area contributed by atoms with Crippen LogP contribution in [0.1, 0.15) is 52.5 Å². The highest BCUT2D eigenvalue weighted by atomic mass is 35.5. The fourth-order valence-corrected chi connectivity index (χ4v) is 2.67. The summed E-state index contributed by atoms with van der Waals surface area (Å²) in [4.78, 5) is 0. The van der Waals surface area contributed by atoms with Gasteiger partial charge in [0.05, 0.1) is 0 Å². The zero-order valence-corrected chi connectivity index (χ0v) is 14.5. The van der Waals surface area contributed by atoms with Crippen LogP contribution < -0.4 is 5.32 Å². The summed E-state index contributed by atoms with van der Waals surface area (Å²) in [5, 5.41) is 12.5. The van der Waals surface area contributed by atoms with Crippen molar-refractivity contribution < 1.29 is 0 Å². The lowest BCUT2D eigenvalue weighted by Gasteiger charge is -2.24. The summed E-state index contributed by atoms with van der Waals surface area (Å²) in [5.41, 5.74) is 4.11. The van der Waals surface area contributed by atoms with Crippen LogP contribution >= 0.6 is 11.6 Å². The molecular weight excluding hydrogens is 280 g/mol. The van der Waals surface area contributed by atoms with Crippen molar-refractivity contribution in [1.29, 1.82) is 5.41 Å². The van der Waals surface area contributed by atoms with E-state index in [1.54, 1.807) is 0 Å². The van der Waals surface area contributed by atoms with Crippen molar-refractivity contribution in [2.75, 3.05) is 6.54 Å². The monoisotopic (exact) mass is 306 g/mol. The Hall–Kier alpha value is -1.28. The average molecular weight is 307 g/mol. The van der Waals surface area contributed by atoms with E-state index in [4.69, 9.17) is 17.0 Å². The fourth-order valence-electron chi connectivity index (χ4n) is 2.55. The molecule has 1 aromatic rings. The van der Waals surface area contributed by atoms with Crippen LogP contribution in [0, 0.1) is 11.3 Å². The molecular formula is C18H27ClN2. The number of benzene rings is 1. The number of allylic oxidation sites excluding steroid dienone is 2. The minimum atomic E-state index is 0.182. The Kier molecular flexibility index (Phi) is 6.97. The molecule has 0 radical (unpaired) electrons. The summed E-state index contributed by atoms with van der Waals surface area (Å²) in [6.45, 7) is 11.5. The van der Waals surface area contributed by atoms with Gasteiger partial charge in [0.25, 0.3) is 0 Å². The number of hydrogen-bond donors (Lipinski definition) is 2. The molecule has 0 aromatic heterocycles. The molecule has 1 rings (SSSR count). The van der Waals surface area contributed by atoms with Crippen LogP contribution in [0.15, 0.2) is 35.5 Å². The van der Waals surface area contributed by atoms with E-state index in [9.17, 15) is 0 Å². The molecule has 0 aliphatic rings. The first kappa shape index (κ1) is 17.8. The summed E-state index contributed by atoms with van der Waals surface area (Å²) in [6.07, 6.45) is 1.08. The quantitative estimate of drug-likeness (QED) is 0.651. The lowest BCUT2D eigenvalue weighted by Crippen LogP contribution is -2.24. The highest BCUT2D eigenvalue weighted by Gasteiger charge is 2.20. The Morgan fingerprint density at radius 1 is 1.19 bits per heavy atom. The summed E-state index contributed by atoms with van der Waals surface area (Å²) >= 11 is 5.97. The van der Waals surface area contributed by atoms with E-state index in [1.165, 1.54) is 11.3 Å². The first-order valence-corrected chi connectivity index (χ1v) is 8.05. The van der Waals surface area contributed by atoms with Gasteiger partial charge in [-0.05, 0) is 42.5 Å². The maximum Gasteiger partial charge on any atom is 0.0406 e. The molecule has 0 aliphatic heterocycles. The smallest absolute Gasteiger partial charge is 0.0406 e. The van der Waals surface area contributed by atoms with Crippen molar-refractivity contribution in [2.24, 2.45) is 5.92 Å². The Morgan fingerprint density at radius 2 is 1.76 bits per heavy atom. The van der Waals surface area contributed by atoms with Gasteiger partial charge in [0.2, 0.25) is 0 Å². The van der Waals surface area contributed by atoms with Gasteiger partial charge in [-0.25, -0.2) is 0 Å². The van der Waals surface area contributed by atoms with Crippen LogP contribution in [-0.4, -0.2) is 12.3 Å². The van der Waals surface area contributed by atoms with E-state index < -0.39 is 0 Å². The number of nitrogens with one attached hydrogen (secondary N) is 2. The standard InChI is InChI=1S/C18H27ClN2/c1-6-11-21-18(12(2)3)17(14(5)20)13(4)15-7-9-16(19)10-8-15/h7-10,12-13,20-21H,6,11H2,1-5H3/b18-17-,20-14?. The second kappa shape index (κ2) is 8.23. The minimum Gasteiger partial charge on any atom is -0.388 e. The molecule has 0 fully saturated rings. The Labute approximate surface area is 134 Å². The van der Waals surface area contributed by atoms with E-state index in [0.717, 1.165) is 23.6 Å². The third-order valence-electron chi connectivity index (χ3n) is 3.64. The van der Waals surface area contributed by atoms with Gasteiger partial charge in [0.15, 0.2) is 0 Å². The highest BCUT2D eigenvalue weighted by Crippen LogP contribution is 2.29. The summed E-state index contributed by atoms with van der Waals surface area (Å²) < 4.78 is 0. The molecule has 0 aliphatic carbocycles. The third kappa shape index (κ3) is 4.89. The maximum atomic E-state index is 8.21. The van der Waals surface area contributed by atoms with Gasteiger partial charge in [-0.15, -0.1) is 0 Å². The van der Waals surface area contributed by atoms with Crippen LogP contribution in [0.3, 0.4) is 0 Å². The molecule has 2 N–H and O–H groups in total. The predicted molar refractivity (Wildman–Crippen MR) is 93.4 cm³/mol. The third-order valence-corrected chi connectivity index (χ3v) is 3.89. The lowest BCUT2D eigenvalue weighted by molar-refractivity contribution is 0.628. The molecule has 0 bridgehead atoms. The number of hydrogen-bond acceptors (Lipinski definition) is 2. The van der Waals surface area contributed by atoms with Gasteiger partial charge in [-0.3, -0.25) is 0 Å². The van der Waals surface area contributed by atoms with E-state index in [-0.39, 0.29) is 5.92 Å². The van der Waals surface area contributed by atoms with Gasteiger partial charge in [0, 0.05) is 28.9 Å². The van der Waals surface area contributed by atoms with Gasteiger partial charge in [-0.1, -0.05) is 51.4 Å². The topological polar surface area (TPSA) is 35.9 Å². The van der Waals surface area contributed by atoms with Gasteiger partial charge in [-0.2, -0.15) is 0 Å². The van der Waals surface area contributed by atoms with Crippen molar-refractivity contribution in [2.45, 2.75) is 47.0 Å². The molecule has 0 heterocycles. The molecule has 0 saturated carbocycles. The zero-order chi connectivity index (χ0) is 16.0. The second-order valence-corrected chi connectivity index (χ2v) is 6.24. The van der Waals surface area contributed by atoms with Crippen LogP contribution in [0.5, 0.6) is 0 Å². The van der Waals surface area contributed by atoms with E-state index in [1.807, 2.05) is 31.2 Å². The summed E-state index contributed by atoms with van der Waals surface area (Å²) in [5.74, 6) is 0.558. The van der Waals surface area contributed by atoms with Gasteiger partial charge >= 0.3 is 0 Å². The van der Waals surface area contributed by atoms with Gasteiger partial charge < -0.3 is 10.7 Å². The van der Waals surface area contributed by atoms with E-state index >= 15 is 0 Å². The average Bonchev–Trinajstić information content (AvgIpc) is 2.42. The number of rotatable bonds is 7. The molecule has 3 heteroatoms.